The summed E-state index contributed by atoms with van der Waals surface area (Å²) in [5.41, 5.74) is 0. The number of rotatable bonds is 7. The molecule has 1 aromatic rings. The number of amides is 2. The van der Waals surface area contributed by atoms with E-state index in [-0.39, 0.29) is 18.7 Å². The van der Waals surface area contributed by atoms with Crippen molar-refractivity contribution in [3.63, 3.8) is 0 Å². The Morgan fingerprint density at radius 2 is 2.39 bits per heavy atom. The van der Waals surface area contributed by atoms with Gasteiger partial charge >= 0.3 is 6.03 Å². The number of likely N-dealkylation sites (tertiary alicyclic amines) is 1. The molecule has 3 N–H and O–H groups in total. The number of urea groups is 1. The summed E-state index contributed by atoms with van der Waals surface area (Å²) in [7, 11) is 2.17. The van der Waals surface area contributed by atoms with Crippen LogP contribution in [-0.4, -0.2) is 48.8 Å². The first-order chi connectivity index (χ1) is 11.2. The van der Waals surface area contributed by atoms with Gasteiger partial charge in [-0.05, 0) is 56.6 Å². The summed E-state index contributed by atoms with van der Waals surface area (Å²) in [6.07, 6.45) is 3.75. The highest BCUT2D eigenvalue weighted by Crippen LogP contribution is 2.36. The Morgan fingerprint density at radius 3 is 3.04 bits per heavy atom. The standard InChI is InChI=1S/C17H29N3O2S/c1-3-14(8-10-21)19-17(22)18-12-13-6-4-9-20(2)16(13)15-7-5-11-23-15/h5,7,11,13-14,16,21H,3-4,6,8-10,12H2,1-2H3,(H2,18,19,22). The Kier molecular flexibility index (Phi) is 7.33. The summed E-state index contributed by atoms with van der Waals surface area (Å²) < 4.78 is 0. The molecule has 0 spiro atoms. The highest BCUT2D eigenvalue weighted by Gasteiger charge is 2.31. The highest BCUT2D eigenvalue weighted by atomic mass is 32.1. The molecule has 1 aromatic heterocycles. The topological polar surface area (TPSA) is 64.6 Å². The largest absolute Gasteiger partial charge is 0.396 e. The minimum Gasteiger partial charge on any atom is -0.396 e. The van der Waals surface area contributed by atoms with Gasteiger partial charge in [0, 0.05) is 30.1 Å². The number of hydrogen-bond donors (Lipinski definition) is 3. The number of aliphatic hydroxyl groups is 1. The van der Waals surface area contributed by atoms with Crippen molar-refractivity contribution in [1.82, 2.24) is 15.5 Å². The second kappa shape index (κ2) is 9.25. The molecule has 130 valence electrons. The number of carbonyl (C=O) groups is 1. The smallest absolute Gasteiger partial charge is 0.315 e. The van der Waals surface area contributed by atoms with Crippen LogP contribution in [0.25, 0.3) is 0 Å². The first-order valence-electron chi connectivity index (χ1n) is 8.54. The molecule has 3 atom stereocenters. The summed E-state index contributed by atoms with van der Waals surface area (Å²) >= 11 is 1.79. The van der Waals surface area contributed by atoms with E-state index in [4.69, 9.17) is 5.11 Å². The molecule has 0 aliphatic carbocycles. The molecule has 0 saturated carbocycles. The third kappa shape index (κ3) is 5.19. The maximum atomic E-state index is 12.1. The first-order valence-corrected chi connectivity index (χ1v) is 9.42. The van der Waals surface area contributed by atoms with Crippen LogP contribution in [0.3, 0.4) is 0 Å². The average molecular weight is 340 g/mol. The molecule has 0 bridgehead atoms. The van der Waals surface area contributed by atoms with Gasteiger partial charge in [0.05, 0.1) is 0 Å². The molecule has 2 heterocycles. The van der Waals surface area contributed by atoms with Crippen molar-refractivity contribution in [3.05, 3.63) is 22.4 Å². The fraction of sp³-hybridized carbons (Fsp3) is 0.706. The van der Waals surface area contributed by atoms with E-state index < -0.39 is 0 Å². The van der Waals surface area contributed by atoms with Crippen LogP contribution in [0.1, 0.15) is 43.5 Å². The normalized spacial score (nSPS) is 23.4. The van der Waals surface area contributed by atoms with Crippen LogP contribution in [0.4, 0.5) is 4.79 Å². The number of nitrogens with zero attached hydrogens (tertiary/aromatic N) is 1. The maximum Gasteiger partial charge on any atom is 0.315 e. The Hall–Kier alpha value is -1.11. The third-order valence-electron chi connectivity index (χ3n) is 4.67. The Bertz CT molecular complexity index is 466. The van der Waals surface area contributed by atoms with Gasteiger partial charge in [0.1, 0.15) is 0 Å². The number of piperidine rings is 1. The average Bonchev–Trinajstić information content (AvgIpc) is 3.06. The van der Waals surface area contributed by atoms with Crippen LogP contribution in [0.5, 0.6) is 0 Å². The van der Waals surface area contributed by atoms with Gasteiger partial charge in [-0.25, -0.2) is 4.79 Å². The molecular weight excluding hydrogens is 310 g/mol. The zero-order valence-electron chi connectivity index (χ0n) is 14.1. The van der Waals surface area contributed by atoms with Crippen molar-refractivity contribution in [1.29, 1.82) is 0 Å². The van der Waals surface area contributed by atoms with Gasteiger partial charge < -0.3 is 15.7 Å². The van der Waals surface area contributed by atoms with Gasteiger partial charge in [-0.1, -0.05) is 13.0 Å². The molecule has 0 radical (unpaired) electrons. The van der Waals surface area contributed by atoms with Crippen LogP contribution >= 0.6 is 11.3 Å². The number of carbonyl (C=O) groups excluding carboxylic acids is 1. The SMILES string of the molecule is CCC(CCO)NC(=O)NCC1CCCN(C)C1c1cccs1. The molecular formula is C17H29N3O2S. The van der Waals surface area contributed by atoms with Gasteiger partial charge in [-0.2, -0.15) is 0 Å². The lowest BCUT2D eigenvalue weighted by Crippen LogP contribution is -2.46. The molecule has 1 aliphatic rings. The van der Waals surface area contributed by atoms with Crippen LogP contribution in [-0.2, 0) is 0 Å². The van der Waals surface area contributed by atoms with E-state index >= 15 is 0 Å². The fourth-order valence-corrected chi connectivity index (χ4v) is 4.36. The number of aliphatic hydroxyl groups excluding tert-OH is 1. The van der Waals surface area contributed by atoms with E-state index in [1.165, 1.54) is 11.3 Å². The van der Waals surface area contributed by atoms with Crippen molar-refractivity contribution in [2.45, 2.75) is 44.7 Å². The number of nitrogens with one attached hydrogen (secondary N) is 2. The molecule has 2 amide bonds. The molecule has 1 aliphatic heterocycles. The third-order valence-corrected chi connectivity index (χ3v) is 5.62. The van der Waals surface area contributed by atoms with Gasteiger partial charge in [-0.3, -0.25) is 4.90 Å². The predicted octanol–water partition coefficient (Wildman–Crippen LogP) is 2.59. The fourth-order valence-electron chi connectivity index (χ4n) is 3.38. The van der Waals surface area contributed by atoms with Crippen LogP contribution in [0.15, 0.2) is 17.5 Å². The van der Waals surface area contributed by atoms with E-state index in [1.54, 1.807) is 11.3 Å². The summed E-state index contributed by atoms with van der Waals surface area (Å²) in [6.45, 7) is 3.92. The minimum atomic E-state index is -0.122. The van der Waals surface area contributed by atoms with Gasteiger partial charge in [-0.15, -0.1) is 11.3 Å². The summed E-state index contributed by atoms with van der Waals surface area (Å²) in [6, 6.07) is 4.60. The van der Waals surface area contributed by atoms with Gasteiger partial charge in [0.2, 0.25) is 0 Å². The van der Waals surface area contributed by atoms with Crippen molar-refractivity contribution < 1.29 is 9.90 Å². The molecule has 5 nitrogen and oxygen atoms in total. The molecule has 3 unspecified atom stereocenters. The van der Waals surface area contributed by atoms with Crippen molar-refractivity contribution in [2.75, 3.05) is 26.7 Å². The van der Waals surface area contributed by atoms with Crippen molar-refractivity contribution in [2.24, 2.45) is 5.92 Å². The number of thiophene rings is 1. The molecule has 6 heteroatoms. The summed E-state index contributed by atoms with van der Waals surface area (Å²) in [5, 5.41) is 17.1. The zero-order chi connectivity index (χ0) is 16.7. The lowest BCUT2D eigenvalue weighted by molar-refractivity contribution is 0.123. The van der Waals surface area contributed by atoms with E-state index in [9.17, 15) is 4.79 Å². The van der Waals surface area contributed by atoms with E-state index in [0.29, 0.717) is 24.9 Å². The van der Waals surface area contributed by atoms with E-state index in [0.717, 1.165) is 19.4 Å². The minimum absolute atomic E-state index is 0.0436. The predicted molar refractivity (Wildman–Crippen MR) is 94.7 cm³/mol. The van der Waals surface area contributed by atoms with Crippen molar-refractivity contribution >= 4 is 17.4 Å². The van der Waals surface area contributed by atoms with Crippen molar-refractivity contribution in [3.8, 4) is 0 Å². The zero-order valence-corrected chi connectivity index (χ0v) is 14.9. The molecule has 1 fully saturated rings. The highest BCUT2D eigenvalue weighted by molar-refractivity contribution is 7.10. The molecule has 2 rings (SSSR count). The molecule has 23 heavy (non-hydrogen) atoms. The second-order valence-corrected chi connectivity index (χ2v) is 7.29. The summed E-state index contributed by atoms with van der Waals surface area (Å²) in [4.78, 5) is 15.9. The van der Waals surface area contributed by atoms with Crippen LogP contribution in [0, 0.1) is 5.92 Å². The quantitative estimate of drug-likeness (QED) is 0.715. The Balaban J connectivity index is 1.88. The van der Waals surface area contributed by atoms with Crippen LogP contribution in [0.2, 0.25) is 0 Å². The summed E-state index contributed by atoms with van der Waals surface area (Å²) in [5.74, 6) is 0.441. The van der Waals surface area contributed by atoms with Crippen LogP contribution < -0.4 is 10.6 Å². The number of hydrogen-bond acceptors (Lipinski definition) is 4. The maximum absolute atomic E-state index is 12.1. The van der Waals surface area contributed by atoms with E-state index in [1.807, 2.05) is 6.92 Å². The molecule has 0 aromatic carbocycles. The Labute approximate surface area is 143 Å². The van der Waals surface area contributed by atoms with E-state index in [2.05, 4.69) is 40.1 Å². The lowest BCUT2D eigenvalue weighted by atomic mass is 9.88. The van der Waals surface area contributed by atoms with Gasteiger partial charge in [0.25, 0.3) is 0 Å². The van der Waals surface area contributed by atoms with Gasteiger partial charge in [0.15, 0.2) is 0 Å². The molecule has 1 saturated heterocycles. The second-order valence-electron chi connectivity index (χ2n) is 6.31. The Morgan fingerprint density at radius 1 is 1.57 bits per heavy atom. The first kappa shape index (κ1) is 18.2. The lowest BCUT2D eigenvalue weighted by Gasteiger charge is -2.39. The monoisotopic (exact) mass is 339 g/mol.